The molecule has 3 heteroatoms. The van der Waals surface area contributed by atoms with E-state index < -0.39 is 0 Å². The molecule has 3 nitrogen and oxygen atoms in total. The lowest BCUT2D eigenvalue weighted by atomic mass is 9.97. The third-order valence-corrected chi connectivity index (χ3v) is 4.81. The third-order valence-electron chi connectivity index (χ3n) is 4.81. The smallest absolute Gasteiger partial charge is 0.0716 e. The van der Waals surface area contributed by atoms with Gasteiger partial charge in [0.2, 0.25) is 0 Å². The molecule has 2 aliphatic rings. The molecule has 2 fully saturated rings. The molecule has 1 aliphatic heterocycles. The molecule has 0 unspecified atom stereocenters. The van der Waals surface area contributed by atoms with Gasteiger partial charge in [0.25, 0.3) is 0 Å². The first-order chi connectivity index (χ1) is 10.4. The monoisotopic (exact) mass is 288 g/mol. The molecule has 0 bridgehead atoms. The summed E-state index contributed by atoms with van der Waals surface area (Å²) in [5.74, 6) is 0.876. The molecule has 0 aromatic heterocycles. The number of nitrogens with one attached hydrogen (secondary N) is 1. The van der Waals surface area contributed by atoms with Gasteiger partial charge in [0.15, 0.2) is 0 Å². The number of ether oxygens (including phenoxy) is 1. The van der Waals surface area contributed by atoms with Gasteiger partial charge in [-0.25, -0.2) is 0 Å². The van der Waals surface area contributed by atoms with E-state index in [1.54, 1.807) is 7.11 Å². The number of methoxy groups -OCH3 is 1. The Balaban J connectivity index is 1.64. The topological polar surface area (TPSA) is 24.5 Å². The maximum Gasteiger partial charge on any atom is 0.0716 e. The normalized spacial score (nSPS) is 20.1. The van der Waals surface area contributed by atoms with Crippen LogP contribution in [0.3, 0.4) is 0 Å². The van der Waals surface area contributed by atoms with Crippen molar-refractivity contribution in [1.29, 1.82) is 0 Å². The molecule has 0 radical (unpaired) electrons. The summed E-state index contributed by atoms with van der Waals surface area (Å²) in [5, 5.41) is 3.47. The SMILES string of the molecule is COCc1ccccc1CN(CC1CCNCC1)C1CC1. The maximum absolute atomic E-state index is 5.35. The zero-order chi connectivity index (χ0) is 14.5. The summed E-state index contributed by atoms with van der Waals surface area (Å²) in [6, 6.07) is 9.58. The highest BCUT2D eigenvalue weighted by atomic mass is 16.5. The highest BCUT2D eigenvalue weighted by Gasteiger charge is 2.31. The van der Waals surface area contributed by atoms with Crippen LogP contribution in [-0.2, 0) is 17.9 Å². The second-order valence-electron chi connectivity index (χ2n) is 6.56. The van der Waals surface area contributed by atoms with Gasteiger partial charge in [0.05, 0.1) is 6.61 Å². The van der Waals surface area contributed by atoms with Gasteiger partial charge in [0, 0.05) is 26.2 Å². The summed E-state index contributed by atoms with van der Waals surface area (Å²) >= 11 is 0. The highest BCUT2D eigenvalue weighted by Crippen LogP contribution is 2.31. The lowest BCUT2D eigenvalue weighted by Gasteiger charge is -2.30. The van der Waals surface area contributed by atoms with Gasteiger partial charge in [-0.05, 0) is 55.8 Å². The molecular formula is C18H28N2O. The molecule has 0 amide bonds. The van der Waals surface area contributed by atoms with E-state index in [4.69, 9.17) is 4.74 Å². The summed E-state index contributed by atoms with van der Waals surface area (Å²) < 4.78 is 5.35. The zero-order valence-electron chi connectivity index (χ0n) is 13.2. The van der Waals surface area contributed by atoms with Crippen LogP contribution in [0.5, 0.6) is 0 Å². The van der Waals surface area contributed by atoms with Crippen molar-refractivity contribution in [1.82, 2.24) is 10.2 Å². The summed E-state index contributed by atoms with van der Waals surface area (Å²) in [5.41, 5.74) is 2.79. The highest BCUT2D eigenvalue weighted by molar-refractivity contribution is 5.26. The van der Waals surface area contributed by atoms with E-state index in [2.05, 4.69) is 34.5 Å². The predicted octanol–water partition coefficient (Wildman–Crippen LogP) is 2.80. The Morgan fingerprint density at radius 3 is 2.48 bits per heavy atom. The Bertz CT molecular complexity index is 439. The summed E-state index contributed by atoms with van der Waals surface area (Å²) in [4.78, 5) is 2.73. The molecule has 1 aromatic rings. The van der Waals surface area contributed by atoms with Gasteiger partial charge >= 0.3 is 0 Å². The summed E-state index contributed by atoms with van der Waals surface area (Å²) in [6.07, 6.45) is 5.45. The Kier molecular flexibility index (Phi) is 5.28. The fraction of sp³-hybridized carbons (Fsp3) is 0.667. The minimum atomic E-state index is 0.724. The standard InChI is InChI=1S/C18H28N2O/c1-21-14-17-5-3-2-4-16(17)13-20(18-6-7-18)12-15-8-10-19-11-9-15/h2-5,15,18-19H,6-14H2,1H3. The van der Waals surface area contributed by atoms with Crippen LogP contribution >= 0.6 is 0 Å². The molecule has 1 aromatic carbocycles. The summed E-state index contributed by atoms with van der Waals surface area (Å²) in [7, 11) is 1.78. The number of nitrogens with zero attached hydrogens (tertiary/aromatic N) is 1. The molecule has 21 heavy (non-hydrogen) atoms. The second kappa shape index (κ2) is 7.39. The maximum atomic E-state index is 5.35. The van der Waals surface area contributed by atoms with Crippen LogP contribution in [-0.4, -0.2) is 37.7 Å². The molecule has 1 saturated carbocycles. The van der Waals surface area contributed by atoms with E-state index in [1.165, 1.54) is 56.4 Å². The minimum Gasteiger partial charge on any atom is -0.380 e. The van der Waals surface area contributed by atoms with Crippen molar-refractivity contribution in [3.8, 4) is 0 Å². The Morgan fingerprint density at radius 2 is 1.81 bits per heavy atom. The van der Waals surface area contributed by atoms with E-state index >= 15 is 0 Å². The van der Waals surface area contributed by atoms with Crippen molar-refractivity contribution in [2.45, 2.75) is 44.9 Å². The fourth-order valence-electron chi connectivity index (χ4n) is 3.41. The van der Waals surface area contributed by atoms with Gasteiger partial charge in [-0.3, -0.25) is 4.90 Å². The molecule has 116 valence electrons. The van der Waals surface area contributed by atoms with E-state index in [1.807, 2.05) is 0 Å². The van der Waals surface area contributed by atoms with Crippen molar-refractivity contribution in [3.05, 3.63) is 35.4 Å². The van der Waals surface area contributed by atoms with Crippen LogP contribution < -0.4 is 5.32 Å². The molecule has 3 rings (SSSR count). The third kappa shape index (κ3) is 4.29. The van der Waals surface area contributed by atoms with E-state index in [0.29, 0.717) is 0 Å². The van der Waals surface area contributed by atoms with Crippen molar-refractivity contribution >= 4 is 0 Å². The van der Waals surface area contributed by atoms with Crippen LogP contribution in [0.4, 0.5) is 0 Å². The number of benzene rings is 1. The van der Waals surface area contributed by atoms with Gasteiger partial charge in [-0.1, -0.05) is 24.3 Å². The molecule has 0 atom stereocenters. The van der Waals surface area contributed by atoms with E-state index in [0.717, 1.165) is 25.1 Å². The van der Waals surface area contributed by atoms with Crippen LogP contribution in [0.1, 0.15) is 36.8 Å². The van der Waals surface area contributed by atoms with Crippen molar-refractivity contribution in [3.63, 3.8) is 0 Å². The first-order valence-corrected chi connectivity index (χ1v) is 8.37. The lowest BCUT2D eigenvalue weighted by Crippen LogP contribution is -2.37. The van der Waals surface area contributed by atoms with Crippen LogP contribution in [0.2, 0.25) is 0 Å². The van der Waals surface area contributed by atoms with E-state index in [9.17, 15) is 0 Å². The average molecular weight is 288 g/mol. The molecule has 0 spiro atoms. The number of rotatable bonds is 7. The number of hydrogen-bond acceptors (Lipinski definition) is 3. The molecule has 1 saturated heterocycles. The molecule has 1 N–H and O–H groups in total. The predicted molar refractivity (Wildman–Crippen MR) is 86.2 cm³/mol. The minimum absolute atomic E-state index is 0.724. The van der Waals surface area contributed by atoms with Gasteiger partial charge in [0.1, 0.15) is 0 Å². The first-order valence-electron chi connectivity index (χ1n) is 8.37. The van der Waals surface area contributed by atoms with Crippen molar-refractivity contribution < 1.29 is 4.74 Å². The average Bonchev–Trinajstić information content (AvgIpc) is 3.35. The van der Waals surface area contributed by atoms with Crippen LogP contribution in [0.25, 0.3) is 0 Å². The first kappa shape index (κ1) is 15.0. The van der Waals surface area contributed by atoms with Crippen LogP contribution in [0.15, 0.2) is 24.3 Å². The largest absolute Gasteiger partial charge is 0.380 e. The van der Waals surface area contributed by atoms with Crippen molar-refractivity contribution in [2.75, 3.05) is 26.7 Å². The number of piperidine rings is 1. The van der Waals surface area contributed by atoms with Gasteiger partial charge in [-0.15, -0.1) is 0 Å². The molecular weight excluding hydrogens is 260 g/mol. The Morgan fingerprint density at radius 1 is 1.10 bits per heavy atom. The van der Waals surface area contributed by atoms with Crippen molar-refractivity contribution in [2.24, 2.45) is 5.92 Å². The second-order valence-corrected chi connectivity index (χ2v) is 6.56. The van der Waals surface area contributed by atoms with E-state index in [-0.39, 0.29) is 0 Å². The fourth-order valence-corrected chi connectivity index (χ4v) is 3.41. The molecule has 1 heterocycles. The van der Waals surface area contributed by atoms with Gasteiger partial charge < -0.3 is 10.1 Å². The zero-order valence-corrected chi connectivity index (χ0v) is 13.2. The summed E-state index contributed by atoms with van der Waals surface area (Å²) in [6.45, 7) is 5.48. The Labute approximate surface area is 128 Å². The number of hydrogen-bond donors (Lipinski definition) is 1. The van der Waals surface area contributed by atoms with Crippen LogP contribution in [0, 0.1) is 5.92 Å². The Hall–Kier alpha value is -0.900. The quantitative estimate of drug-likeness (QED) is 0.835. The molecule has 1 aliphatic carbocycles. The lowest BCUT2D eigenvalue weighted by molar-refractivity contribution is 0.175. The van der Waals surface area contributed by atoms with Gasteiger partial charge in [-0.2, -0.15) is 0 Å².